The molecule has 0 amide bonds. The van der Waals surface area contributed by atoms with Gasteiger partial charge >= 0.3 is 12.1 Å². The van der Waals surface area contributed by atoms with Crippen LogP contribution in [-0.4, -0.2) is 23.9 Å². The number of ether oxygens (including phenoxy) is 1. The zero-order valence-electron chi connectivity index (χ0n) is 9.13. The second kappa shape index (κ2) is 5.81. The first-order valence-electron chi connectivity index (χ1n) is 4.95. The molecule has 0 radical (unpaired) electrons. The van der Waals surface area contributed by atoms with E-state index in [0.29, 0.717) is 0 Å². The van der Waals surface area contributed by atoms with Crippen LogP contribution in [0.25, 0.3) is 0 Å². The summed E-state index contributed by atoms with van der Waals surface area (Å²) >= 11 is 0. The fourth-order valence-corrected chi connectivity index (χ4v) is 1.24. The Bertz CT molecular complexity index is 429. The van der Waals surface area contributed by atoms with Crippen molar-refractivity contribution in [3.05, 3.63) is 35.1 Å². The Morgan fingerprint density at radius 3 is 2.50 bits per heavy atom. The van der Waals surface area contributed by atoms with Gasteiger partial charge in [-0.05, 0) is 23.8 Å². The van der Waals surface area contributed by atoms with Gasteiger partial charge in [0, 0.05) is 0 Å². The molecular weight excluding hydrogens is 256 g/mol. The number of rotatable bonds is 5. The Kier molecular flexibility index (Phi) is 4.66. The molecule has 0 aliphatic carbocycles. The van der Waals surface area contributed by atoms with Crippen LogP contribution in [-0.2, 0) is 11.3 Å². The lowest BCUT2D eigenvalue weighted by atomic mass is 10.1. The molecule has 18 heavy (non-hydrogen) atoms. The Labute approximate surface area is 100.0 Å². The Morgan fingerprint density at radius 1 is 1.28 bits per heavy atom. The topological polar surface area (TPSA) is 46.5 Å². The molecule has 0 heterocycles. The molecule has 0 spiro atoms. The molecule has 7 heteroatoms. The lowest BCUT2D eigenvalue weighted by Crippen LogP contribution is -2.11. The van der Waals surface area contributed by atoms with Gasteiger partial charge < -0.3 is 9.84 Å². The van der Waals surface area contributed by atoms with E-state index in [1.807, 2.05) is 0 Å². The van der Waals surface area contributed by atoms with Crippen molar-refractivity contribution in [2.24, 2.45) is 0 Å². The Morgan fingerprint density at radius 2 is 1.94 bits per heavy atom. The van der Waals surface area contributed by atoms with E-state index < -0.39 is 31.0 Å². The summed E-state index contributed by atoms with van der Waals surface area (Å²) in [5.74, 6) is -2.09. The molecule has 0 saturated carbocycles. The van der Waals surface area contributed by atoms with Crippen molar-refractivity contribution in [1.82, 2.24) is 0 Å². The van der Waals surface area contributed by atoms with Crippen LogP contribution in [0.4, 0.5) is 17.6 Å². The number of hydrogen-bond acceptors (Lipinski definition) is 2. The lowest BCUT2D eigenvalue weighted by Gasteiger charge is -2.08. The van der Waals surface area contributed by atoms with Crippen LogP contribution >= 0.6 is 0 Å². The van der Waals surface area contributed by atoms with Gasteiger partial charge in [0.15, 0.2) is 0 Å². The number of hydrogen-bond donors (Lipinski definition) is 1. The van der Waals surface area contributed by atoms with Crippen molar-refractivity contribution in [3.8, 4) is 0 Å². The van der Waals surface area contributed by atoms with Crippen LogP contribution in [0.1, 0.15) is 22.3 Å². The van der Waals surface area contributed by atoms with Gasteiger partial charge in [0.2, 0.25) is 0 Å². The highest BCUT2D eigenvalue weighted by Crippen LogP contribution is 2.19. The smallest absolute Gasteiger partial charge is 0.391 e. The van der Waals surface area contributed by atoms with Crippen LogP contribution in [0.3, 0.4) is 0 Å². The number of alkyl halides is 3. The van der Waals surface area contributed by atoms with Crippen molar-refractivity contribution in [2.75, 3.05) is 6.61 Å². The van der Waals surface area contributed by atoms with Crippen LogP contribution in [0.2, 0.25) is 0 Å². The second-order valence-electron chi connectivity index (χ2n) is 3.57. The van der Waals surface area contributed by atoms with E-state index in [2.05, 4.69) is 0 Å². The summed E-state index contributed by atoms with van der Waals surface area (Å²) in [7, 11) is 0. The van der Waals surface area contributed by atoms with Gasteiger partial charge in [-0.3, -0.25) is 0 Å². The quantitative estimate of drug-likeness (QED) is 0.658. The molecule has 0 fully saturated rings. The molecule has 1 N–H and O–H groups in total. The molecule has 0 atom stereocenters. The Hall–Kier alpha value is -1.63. The van der Waals surface area contributed by atoms with E-state index in [4.69, 9.17) is 9.84 Å². The number of halogens is 4. The van der Waals surface area contributed by atoms with Gasteiger partial charge in [-0.15, -0.1) is 0 Å². The predicted molar refractivity (Wildman–Crippen MR) is 53.7 cm³/mol. The van der Waals surface area contributed by atoms with Gasteiger partial charge in [0.1, 0.15) is 5.82 Å². The molecule has 0 aromatic heterocycles. The van der Waals surface area contributed by atoms with E-state index in [1.165, 1.54) is 0 Å². The monoisotopic (exact) mass is 266 g/mol. The highest BCUT2D eigenvalue weighted by atomic mass is 19.4. The van der Waals surface area contributed by atoms with Crippen molar-refractivity contribution in [3.63, 3.8) is 0 Å². The first-order chi connectivity index (χ1) is 8.28. The average molecular weight is 266 g/mol. The molecule has 1 aromatic carbocycles. The molecule has 0 aliphatic heterocycles. The van der Waals surface area contributed by atoms with Crippen LogP contribution in [0.15, 0.2) is 18.2 Å². The number of aromatic carboxylic acids is 1. The average Bonchev–Trinajstić information content (AvgIpc) is 2.22. The summed E-state index contributed by atoms with van der Waals surface area (Å²) in [6.07, 6.45) is -5.41. The fourth-order valence-electron chi connectivity index (χ4n) is 1.24. The van der Waals surface area contributed by atoms with Gasteiger partial charge in [-0.25, -0.2) is 9.18 Å². The van der Waals surface area contributed by atoms with E-state index >= 15 is 0 Å². The fraction of sp³-hybridized carbons (Fsp3) is 0.364. The minimum atomic E-state index is -4.31. The summed E-state index contributed by atoms with van der Waals surface area (Å²) < 4.78 is 53.1. The summed E-state index contributed by atoms with van der Waals surface area (Å²) in [6.45, 7) is -0.823. The number of carbonyl (C=O) groups is 1. The molecule has 0 saturated heterocycles. The van der Waals surface area contributed by atoms with E-state index in [1.54, 1.807) is 0 Å². The highest BCUT2D eigenvalue weighted by molar-refractivity contribution is 5.87. The molecule has 1 rings (SSSR count). The molecular formula is C11H10F4O3. The van der Waals surface area contributed by atoms with E-state index in [9.17, 15) is 22.4 Å². The molecule has 100 valence electrons. The number of benzene rings is 1. The Balaban J connectivity index is 2.55. The van der Waals surface area contributed by atoms with Gasteiger partial charge in [-0.1, -0.05) is 0 Å². The SMILES string of the molecule is O=C(O)c1cc(F)cc(COCCC(F)(F)F)c1. The van der Waals surface area contributed by atoms with Crippen molar-refractivity contribution in [2.45, 2.75) is 19.2 Å². The minimum absolute atomic E-state index is 0.176. The van der Waals surface area contributed by atoms with Crippen molar-refractivity contribution < 1.29 is 32.2 Å². The minimum Gasteiger partial charge on any atom is -0.478 e. The molecule has 0 unspecified atom stereocenters. The van der Waals surface area contributed by atoms with Crippen molar-refractivity contribution in [1.29, 1.82) is 0 Å². The van der Waals surface area contributed by atoms with Gasteiger partial charge in [0.05, 0.1) is 25.2 Å². The molecule has 0 bridgehead atoms. The third kappa shape index (κ3) is 5.13. The first-order valence-corrected chi connectivity index (χ1v) is 4.95. The number of carboxylic acids is 1. The van der Waals surface area contributed by atoms with E-state index in [-0.39, 0.29) is 17.7 Å². The largest absolute Gasteiger partial charge is 0.478 e. The number of carboxylic acid groups (broad SMARTS) is 1. The van der Waals surface area contributed by atoms with Crippen LogP contribution in [0.5, 0.6) is 0 Å². The normalized spacial score (nSPS) is 11.6. The third-order valence-corrected chi connectivity index (χ3v) is 2.00. The van der Waals surface area contributed by atoms with E-state index in [0.717, 1.165) is 18.2 Å². The summed E-state index contributed by atoms with van der Waals surface area (Å²) in [6, 6.07) is 2.99. The second-order valence-corrected chi connectivity index (χ2v) is 3.57. The first kappa shape index (κ1) is 14.4. The zero-order valence-corrected chi connectivity index (χ0v) is 9.13. The molecule has 3 nitrogen and oxygen atoms in total. The lowest BCUT2D eigenvalue weighted by molar-refractivity contribution is -0.146. The summed E-state index contributed by atoms with van der Waals surface area (Å²) in [5, 5.41) is 8.66. The van der Waals surface area contributed by atoms with Gasteiger partial charge in [0.25, 0.3) is 0 Å². The highest BCUT2D eigenvalue weighted by Gasteiger charge is 2.26. The maximum absolute atomic E-state index is 13.0. The zero-order chi connectivity index (χ0) is 13.8. The van der Waals surface area contributed by atoms with Crippen LogP contribution < -0.4 is 0 Å². The predicted octanol–water partition coefficient (Wildman–Crippen LogP) is 2.99. The maximum atomic E-state index is 13.0. The van der Waals surface area contributed by atoms with Crippen molar-refractivity contribution >= 4 is 5.97 Å². The summed E-state index contributed by atoms with van der Waals surface area (Å²) in [5.41, 5.74) is -0.0982. The molecule has 1 aromatic rings. The van der Waals surface area contributed by atoms with Crippen LogP contribution in [0, 0.1) is 5.82 Å². The maximum Gasteiger partial charge on any atom is 0.391 e. The molecule has 0 aliphatic rings. The summed E-state index contributed by atoms with van der Waals surface area (Å²) in [4.78, 5) is 10.6. The third-order valence-electron chi connectivity index (χ3n) is 2.00. The van der Waals surface area contributed by atoms with Gasteiger partial charge in [-0.2, -0.15) is 13.2 Å². The standard InChI is InChI=1S/C11H10F4O3/c12-9-4-7(3-8(5-9)10(16)17)6-18-2-1-11(13,14)15/h3-5H,1-2,6H2,(H,16,17).